The number of aliphatic hydroxyl groups excluding tert-OH is 1. The fraction of sp³-hybridized carbons (Fsp3) is 1.00. The molecule has 0 bridgehead atoms. The van der Waals surface area contributed by atoms with Crippen LogP contribution in [0, 0.1) is 5.92 Å². The zero-order valence-corrected chi connectivity index (χ0v) is 8.60. The standard InChI is InChI=1S/C6H11BrO3S/c1-11(9,10)6(7)5(8)4-2-3-4/h4-6,8H,2-3H2,1H3. The monoisotopic (exact) mass is 242 g/mol. The molecular weight excluding hydrogens is 232 g/mol. The van der Waals surface area contributed by atoms with Crippen molar-refractivity contribution in [3.63, 3.8) is 0 Å². The Morgan fingerprint density at radius 1 is 1.55 bits per heavy atom. The van der Waals surface area contributed by atoms with Gasteiger partial charge in [-0.15, -0.1) is 0 Å². The van der Waals surface area contributed by atoms with Gasteiger partial charge in [0.15, 0.2) is 9.84 Å². The van der Waals surface area contributed by atoms with Crippen LogP contribution in [-0.2, 0) is 9.84 Å². The van der Waals surface area contributed by atoms with Crippen LogP contribution in [0.5, 0.6) is 0 Å². The lowest BCUT2D eigenvalue weighted by molar-refractivity contribution is 0.167. The topological polar surface area (TPSA) is 54.4 Å². The van der Waals surface area contributed by atoms with Crippen molar-refractivity contribution in [3.05, 3.63) is 0 Å². The molecule has 0 heterocycles. The van der Waals surface area contributed by atoms with Gasteiger partial charge in [0.2, 0.25) is 0 Å². The Morgan fingerprint density at radius 2 is 2.00 bits per heavy atom. The highest BCUT2D eigenvalue weighted by atomic mass is 79.9. The van der Waals surface area contributed by atoms with Gasteiger partial charge in [-0.25, -0.2) is 8.42 Å². The predicted octanol–water partition coefficient (Wildman–Crippen LogP) is 0.523. The second kappa shape index (κ2) is 3.03. The number of hydrogen-bond acceptors (Lipinski definition) is 3. The van der Waals surface area contributed by atoms with E-state index in [0.29, 0.717) is 0 Å². The number of hydrogen-bond donors (Lipinski definition) is 1. The lowest BCUT2D eigenvalue weighted by atomic mass is 10.3. The molecule has 0 aliphatic heterocycles. The van der Waals surface area contributed by atoms with Crippen LogP contribution in [0.2, 0.25) is 0 Å². The molecule has 1 fully saturated rings. The minimum Gasteiger partial charge on any atom is -0.391 e. The smallest absolute Gasteiger partial charge is 0.162 e. The number of aliphatic hydroxyl groups is 1. The summed E-state index contributed by atoms with van der Waals surface area (Å²) in [6, 6.07) is 0. The first-order valence-electron chi connectivity index (χ1n) is 3.44. The first-order valence-corrected chi connectivity index (χ1v) is 6.31. The van der Waals surface area contributed by atoms with Crippen LogP contribution < -0.4 is 0 Å². The first-order chi connectivity index (χ1) is 4.93. The Morgan fingerprint density at radius 3 is 2.27 bits per heavy atom. The number of sulfone groups is 1. The molecule has 66 valence electrons. The maximum atomic E-state index is 10.9. The summed E-state index contributed by atoms with van der Waals surface area (Å²) in [4.78, 5) is 0. The Bertz CT molecular complexity index is 232. The third kappa shape index (κ3) is 2.42. The van der Waals surface area contributed by atoms with Crippen molar-refractivity contribution >= 4 is 25.8 Å². The van der Waals surface area contributed by atoms with Gasteiger partial charge in [-0.2, -0.15) is 0 Å². The quantitative estimate of drug-likeness (QED) is 0.735. The highest BCUT2D eigenvalue weighted by Crippen LogP contribution is 2.36. The lowest BCUT2D eigenvalue weighted by Crippen LogP contribution is -2.29. The molecule has 5 heteroatoms. The van der Waals surface area contributed by atoms with Gasteiger partial charge in [-0.05, 0) is 18.8 Å². The number of halogens is 1. The number of rotatable bonds is 3. The molecule has 0 aromatic heterocycles. The van der Waals surface area contributed by atoms with Crippen molar-refractivity contribution in [2.24, 2.45) is 5.92 Å². The fourth-order valence-corrected chi connectivity index (χ4v) is 2.07. The summed E-state index contributed by atoms with van der Waals surface area (Å²) in [5.74, 6) is 0.189. The minimum absolute atomic E-state index is 0.189. The Balaban J connectivity index is 2.59. The molecule has 1 N–H and O–H groups in total. The van der Waals surface area contributed by atoms with Crippen LogP contribution in [0.3, 0.4) is 0 Å². The highest BCUT2D eigenvalue weighted by Gasteiger charge is 2.38. The predicted molar refractivity (Wildman–Crippen MR) is 46.3 cm³/mol. The van der Waals surface area contributed by atoms with Gasteiger partial charge in [0.25, 0.3) is 0 Å². The fourth-order valence-electron chi connectivity index (χ4n) is 0.905. The van der Waals surface area contributed by atoms with Crippen molar-refractivity contribution in [1.29, 1.82) is 0 Å². The van der Waals surface area contributed by atoms with E-state index < -0.39 is 20.1 Å². The molecule has 1 aliphatic carbocycles. The van der Waals surface area contributed by atoms with Gasteiger partial charge in [0, 0.05) is 6.26 Å². The van der Waals surface area contributed by atoms with E-state index >= 15 is 0 Å². The summed E-state index contributed by atoms with van der Waals surface area (Å²) >= 11 is 2.97. The van der Waals surface area contributed by atoms with Crippen LogP contribution in [-0.4, -0.2) is 30.0 Å². The van der Waals surface area contributed by atoms with Crippen LogP contribution in [0.1, 0.15) is 12.8 Å². The average molecular weight is 243 g/mol. The zero-order valence-electron chi connectivity index (χ0n) is 6.20. The molecule has 11 heavy (non-hydrogen) atoms. The van der Waals surface area contributed by atoms with Gasteiger partial charge in [-0.3, -0.25) is 0 Å². The third-order valence-electron chi connectivity index (χ3n) is 1.78. The molecule has 1 saturated carbocycles. The van der Waals surface area contributed by atoms with E-state index in [2.05, 4.69) is 15.9 Å². The van der Waals surface area contributed by atoms with Crippen molar-refractivity contribution in [1.82, 2.24) is 0 Å². The summed E-state index contributed by atoms with van der Waals surface area (Å²) < 4.78 is 21.0. The molecule has 0 aromatic rings. The third-order valence-corrected chi connectivity index (χ3v) is 5.46. The minimum atomic E-state index is -3.14. The molecule has 0 radical (unpaired) electrons. The Hall–Kier alpha value is 0.390. The van der Waals surface area contributed by atoms with Crippen LogP contribution in [0.4, 0.5) is 0 Å². The summed E-state index contributed by atoms with van der Waals surface area (Å²) in [5, 5.41) is 9.37. The molecule has 3 nitrogen and oxygen atoms in total. The summed E-state index contributed by atoms with van der Waals surface area (Å²) in [5.41, 5.74) is 0. The highest BCUT2D eigenvalue weighted by molar-refractivity contribution is 9.11. The largest absolute Gasteiger partial charge is 0.391 e. The Labute approximate surface area is 74.8 Å². The van der Waals surface area contributed by atoms with E-state index in [1.165, 1.54) is 0 Å². The molecule has 2 unspecified atom stereocenters. The maximum Gasteiger partial charge on any atom is 0.162 e. The van der Waals surface area contributed by atoms with Crippen LogP contribution >= 0.6 is 15.9 Å². The van der Waals surface area contributed by atoms with E-state index in [9.17, 15) is 13.5 Å². The first kappa shape index (κ1) is 9.48. The molecule has 0 aromatic carbocycles. The number of alkyl halides is 1. The maximum absolute atomic E-state index is 10.9. The van der Waals surface area contributed by atoms with Crippen LogP contribution in [0.15, 0.2) is 0 Å². The summed E-state index contributed by atoms with van der Waals surface area (Å²) in [6.07, 6.45) is 2.28. The molecule has 0 spiro atoms. The van der Waals surface area contributed by atoms with Gasteiger partial charge in [0.05, 0.1) is 6.10 Å². The van der Waals surface area contributed by atoms with Gasteiger partial charge in [0.1, 0.15) is 4.16 Å². The Kier molecular flexibility index (Phi) is 2.61. The van der Waals surface area contributed by atoms with E-state index in [0.717, 1.165) is 19.1 Å². The van der Waals surface area contributed by atoms with E-state index in [1.54, 1.807) is 0 Å². The summed E-state index contributed by atoms with van der Waals surface area (Å²) in [6.45, 7) is 0. The van der Waals surface area contributed by atoms with Gasteiger partial charge < -0.3 is 5.11 Å². The van der Waals surface area contributed by atoms with E-state index in [4.69, 9.17) is 0 Å². The average Bonchev–Trinajstić information content (AvgIpc) is 2.63. The normalized spacial score (nSPS) is 24.6. The van der Waals surface area contributed by atoms with Crippen molar-refractivity contribution in [2.75, 3.05) is 6.26 Å². The second-order valence-corrected chi connectivity index (χ2v) is 6.77. The molecule has 2 atom stereocenters. The zero-order chi connectivity index (χ0) is 8.65. The molecule has 1 rings (SSSR count). The molecule has 0 amide bonds. The van der Waals surface area contributed by atoms with E-state index in [1.807, 2.05) is 0 Å². The van der Waals surface area contributed by atoms with Gasteiger partial charge in [-0.1, -0.05) is 15.9 Å². The lowest BCUT2D eigenvalue weighted by Gasteiger charge is -2.13. The van der Waals surface area contributed by atoms with Crippen molar-refractivity contribution in [3.8, 4) is 0 Å². The van der Waals surface area contributed by atoms with E-state index in [-0.39, 0.29) is 5.92 Å². The van der Waals surface area contributed by atoms with Crippen molar-refractivity contribution < 1.29 is 13.5 Å². The SMILES string of the molecule is CS(=O)(=O)C(Br)C(O)C1CC1. The molecule has 0 saturated heterocycles. The second-order valence-electron chi connectivity index (χ2n) is 3.01. The van der Waals surface area contributed by atoms with Gasteiger partial charge >= 0.3 is 0 Å². The summed E-state index contributed by atoms with van der Waals surface area (Å²) in [7, 11) is -3.14. The molecular formula is C6H11BrO3S. The van der Waals surface area contributed by atoms with Crippen molar-refractivity contribution in [2.45, 2.75) is 23.1 Å². The molecule has 1 aliphatic rings. The van der Waals surface area contributed by atoms with Crippen LogP contribution in [0.25, 0.3) is 0 Å².